The summed E-state index contributed by atoms with van der Waals surface area (Å²) in [6.45, 7) is 9.80. The molecule has 1 fully saturated rings. The summed E-state index contributed by atoms with van der Waals surface area (Å²) in [7, 11) is 0. The smallest absolute Gasteiger partial charge is 0.255 e. The molecule has 0 atom stereocenters. The van der Waals surface area contributed by atoms with E-state index in [-0.39, 0.29) is 11.8 Å². The summed E-state index contributed by atoms with van der Waals surface area (Å²) < 4.78 is 5.51. The Morgan fingerprint density at radius 2 is 1.82 bits per heavy atom. The van der Waals surface area contributed by atoms with Crippen LogP contribution < -0.4 is 20.3 Å². The number of anilines is 2. The molecule has 1 aliphatic rings. The number of para-hydroxylation sites is 1. The Balaban J connectivity index is 1.50. The Morgan fingerprint density at radius 3 is 2.55 bits per heavy atom. The van der Waals surface area contributed by atoms with Crippen LogP contribution >= 0.6 is 11.6 Å². The van der Waals surface area contributed by atoms with Gasteiger partial charge in [0.2, 0.25) is 5.91 Å². The highest BCUT2D eigenvalue weighted by Gasteiger charge is 2.19. The fourth-order valence-corrected chi connectivity index (χ4v) is 4.06. The summed E-state index contributed by atoms with van der Waals surface area (Å²) in [5.74, 6) is 0.251. The SMILES string of the molecule is CCOc1ccccc1C(=O)NCCCC(=O)Nc1cc(Cl)ccc1N1CCN(CC)CC1. The average molecular weight is 473 g/mol. The summed E-state index contributed by atoms with van der Waals surface area (Å²) in [6.07, 6.45) is 0.822. The van der Waals surface area contributed by atoms with Crippen molar-refractivity contribution in [3.05, 3.63) is 53.1 Å². The van der Waals surface area contributed by atoms with Gasteiger partial charge < -0.3 is 25.2 Å². The highest BCUT2D eigenvalue weighted by atomic mass is 35.5. The van der Waals surface area contributed by atoms with Crippen molar-refractivity contribution in [2.24, 2.45) is 0 Å². The van der Waals surface area contributed by atoms with Gasteiger partial charge in [0.25, 0.3) is 5.91 Å². The van der Waals surface area contributed by atoms with Crippen molar-refractivity contribution >= 4 is 34.8 Å². The Bertz CT molecular complexity index is 945. The van der Waals surface area contributed by atoms with Gasteiger partial charge in [0.15, 0.2) is 0 Å². The maximum absolute atomic E-state index is 12.6. The molecule has 8 heteroatoms. The monoisotopic (exact) mass is 472 g/mol. The topological polar surface area (TPSA) is 73.9 Å². The van der Waals surface area contributed by atoms with Gasteiger partial charge in [-0.3, -0.25) is 9.59 Å². The second-order valence-electron chi connectivity index (χ2n) is 7.92. The minimum atomic E-state index is -0.206. The Labute approximate surface area is 201 Å². The fraction of sp³-hybridized carbons (Fsp3) is 0.440. The number of ether oxygens (including phenoxy) is 1. The van der Waals surface area contributed by atoms with Gasteiger partial charge in [0, 0.05) is 44.2 Å². The van der Waals surface area contributed by atoms with Gasteiger partial charge in [-0.15, -0.1) is 0 Å². The third-order valence-electron chi connectivity index (χ3n) is 5.69. The third kappa shape index (κ3) is 7.11. The number of rotatable bonds is 10. The third-order valence-corrected chi connectivity index (χ3v) is 5.93. The van der Waals surface area contributed by atoms with E-state index in [0.29, 0.717) is 42.3 Å². The van der Waals surface area contributed by atoms with E-state index in [4.69, 9.17) is 16.3 Å². The van der Waals surface area contributed by atoms with Gasteiger partial charge >= 0.3 is 0 Å². The van der Waals surface area contributed by atoms with Crippen molar-refractivity contribution in [2.75, 3.05) is 56.1 Å². The highest BCUT2D eigenvalue weighted by Crippen LogP contribution is 2.30. The van der Waals surface area contributed by atoms with Crippen LogP contribution in [0.15, 0.2) is 42.5 Å². The molecule has 33 heavy (non-hydrogen) atoms. The molecule has 0 spiro atoms. The number of hydrogen-bond acceptors (Lipinski definition) is 5. The van der Waals surface area contributed by atoms with E-state index in [1.807, 2.05) is 25.1 Å². The molecule has 1 aliphatic heterocycles. The zero-order chi connectivity index (χ0) is 23.6. The summed E-state index contributed by atoms with van der Waals surface area (Å²) in [5.41, 5.74) is 2.21. The van der Waals surface area contributed by atoms with Crippen LogP contribution in [-0.4, -0.2) is 62.6 Å². The van der Waals surface area contributed by atoms with Crippen LogP contribution in [0.25, 0.3) is 0 Å². The minimum absolute atomic E-state index is 0.102. The molecule has 7 nitrogen and oxygen atoms in total. The number of likely N-dealkylation sites (N-methyl/N-ethyl adjacent to an activating group) is 1. The molecule has 0 aliphatic carbocycles. The number of halogens is 1. The first-order valence-corrected chi connectivity index (χ1v) is 12.0. The number of carbonyl (C=O) groups excluding carboxylic acids is 2. The van der Waals surface area contributed by atoms with E-state index < -0.39 is 0 Å². The number of nitrogens with one attached hydrogen (secondary N) is 2. The van der Waals surface area contributed by atoms with E-state index in [1.165, 1.54) is 0 Å². The van der Waals surface area contributed by atoms with Crippen molar-refractivity contribution in [1.29, 1.82) is 0 Å². The minimum Gasteiger partial charge on any atom is -0.493 e. The standard InChI is InChI=1S/C25H33ClN4O3/c1-3-29-14-16-30(17-15-29)22-12-11-19(26)18-21(22)28-24(31)10-7-13-27-25(32)20-8-5-6-9-23(20)33-4-2/h5-6,8-9,11-12,18H,3-4,7,10,13-17H2,1-2H3,(H,27,32)(H,28,31). The summed E-state index contributed by atoms with van der Waals surface area (Å²) >= 11 is 6.20. The van der Waals surface area contributed by atoms with Crippen molar-refractivity contribution in [3.63, 3.8) is 0 Å². The normalized spacial score (nSPS) is 14.1. The lowest BCUT2D eigenvalue weighted by atomic mass is 10.2. The molecule has 0 saturated carbocycles. The Morgan fingerprint density at radius 1 is 1.06 bits per heavy atom. The van der Waals surface area contributed by atoms with E-state index >= 15 is 0 Å². The number of piperazine rings is 1. The van der Waals surface area contributed by atoms with Crippen LogP contribution in [0.2, 0.25) is 5.02 Å². The second-order valence-corrected chi connectivity index (χ2v) is 8.36. The van der Waals surface area contributed by atoms with Crippen LogP contribution in [0.1, 0.15) is 37.0 Å². The predicted molar refractivity (Wildman–Crippen MR) is 134 cm³/mol. The van der Waals surface area contributed by atoms with Gasteiger partial charge in [-0.05, 0) is 50.2 Å². The first-order valence-electron chi connectivity index (χ1n) is 11.6. The lowest BCUT2D eigenvalue weighted by Crippen LogP contribution is -2.46. The first-order chi connectivity index (χ1) is 16.0. The maximum Gasteiger partial charge on any atom is 0.255 e. The van der Waals surface area contributed by atoms with Crippen LogP contribution in [-0.2, 0) is 4.79 Å². The molecule has 2 amide bonds. The first kappa shape index (κ1) is 24.9. The summed E-state index contributed by atoms with van der Waals surface area (Å²) in [5, 5.41) is 6.46. The molecule has 1 heterocycles. The van der Waals surface area contributed by atoms with Gasteiger partial charge in [0.05, 0.1) is 23.5 Å². The summed E-state index contributed by atoms with van der Waals surface area (Å²) in [6, 6.07) is 12.8. The van der Waals surface area contributed by atoms with Crippen LogP contribution in [0.3, 0.4) is 0 Å². The van der Waals surface area contributed by atoms with Crippen molar-refractivity contribution in [1.82, 2.24) is 10.2 Å². The van der Waals surface area contributed by atoms with Gasteiger partial charge in [-0.1, -0.05) is 30.7 Å². The molecule has 1 saturated heterocycles. The Kier molecular flexibility index (Phi) is 9.39. The molecule has 0 aromatic heterocycles. The number of amides is 2. The molecule has 178 valence electrons. The fourth-order valence-electron chi connectivity index (χ4n) is 3.88. The highest BCUT2D eigenvalue weighted by molar-refractivity contribution is 6.31. The molecule has 3 rings (SSSR count). The zero-order valence-electron chi connectivity index (χ0n) is 19.4. The van der Waals surface area contributed by atoms with Crippen molar-refractivity contribution in [2.45, 2.75) is 26.7 Å². The largest absolute Gasteiger partial charge is 0.493 e. The molecule has 2 aromatic carbocycles. The number of benzene rings is 2. The quantitative estimate of drug-likeness (QED) is 0.511. The lowest BCUT2D eigenvalue weighted by molar-refractivity contribution is -0.116. The van der Waals surface area contributed by atoms with Crippen molar-refractivity contribution < 1.29 is 14.3 Å². The van der Waals surface area contributed by atoms with Crippen molar-refractivity contribution in [3.8, 4) is 5.75 Å². The van der Waals surface area contributed by atoms with E-state index in [2.05, 4.69) is 27.4 Å². The number of nitrogens with zero attached hydrogens (tertiary/aromatic N) is 2. The zero-order valence-corrected chi connectivity index (χ0v) is 20.2. The average Bonchev–Trinajstić information content (AvgIpc) is 2.82. The number of carbonyl (C=O) groups is 2. The molecule has 0 unspecified atom stereocenters. The molecular formula is C25H33ClN4O3. The molecule has 0 bridgehead atoms. The molecule has 2 aromatic rings. The second kappa shape index (κ2) is 12.5. The van der Waals surface area contributed by atoms with E-state index in [9.17, 15) is 9.59 Å². The van der Waals surface area contributed by atoms with Crippen LogP contribution in [0.4, 0.5) is 11.4 Å². The molecule has 0 radical (unpaired) electrons. The van der Waals surface area contributed by atoms with E-state index in [0.717, 1.165) is 44.1 Å². The van der Waals surface area contributed by atoms with Gasteiger partial charge in [0.1, 0.15) is 5.75 Å². The summed E-state index contributed by atoms with van der Waals surface area (Å²) in [4.78, 5) is 29.8. The lowest BCUT2D eigenvalue weighted by Gasteiger charge is -2.36. The molecular weight excluding hydrogens is 440 g/mol. The Hall–Kier alpha value is -2.77. The van der Waals surface area contributed by atoms with Gasteiger partial charge in [-0.25, -0.2) is 0 Å². The van der Waals surface area contributed by atoms with Crippen LogP contribution in [0.5, 0.6) is 5.75 Å². The van der Waals surface area contributed by atoms with E-state index in [1.54, 1.807) is 24.3 Å². The predicted octanol–water partition coefficient (Wildman–Crippen LogP) is 4.03. The number of hydrogen-bond donors (Lipinski definition) is 2. The maximum atomic E-state index is 12.6. The van der Waals surface area contributed by atoms with Gasteiger partial charge in [-0.2, -0.15) is 0 Å². The van der Waals surface area contributed by atoms with Crippen LogP contribution in [0, 0.1) is 0 Å². The molecule has 2 N–H and O–H groups in total.